The Bertz CT molecular complexity index is 5570. The first-order valence-electron chi connectivity index (χ1n) is 44.0. The van der Waals surface area contributed by atoms with E-state index in [1.54, 1.807) is 20.0 Å². The zero-order chi connectivity index (χ0) is 89.3. The van der Waals surface area contributed by atoms with E-state index in [-0.39, 0.29) is 105 Å². The van der Waals surface area contributed by atoms with E-state index in [0.717, 1.165) is 175 Å². The van der Waals surface area contributed by atoms with Gasteiger partial charge in [0, 0.05) is 66.3 Å². The van der Waals surface area contributed by atoms with E-state index in [0.29, 0.717) is 37.8 Å². The molecule has 30 heteroatoms. The van der Waals surface area contributed by atoms with Crippen LogP contribution in [-0.4, -0.2) is 207 Å². The molecule has 7 fully saturated rings. The van der Waals surface area contributed by atoms with Crippen molar-refractivity contribution in [2.24, 2.45) is 33.7 Å². The van der Waals surface area contributed by atoms with Crippen molar-refractivity contribution in [1.29, 1.82) is 0 Å². The number of halogens is 1. The number of nitrogens with one attached hydrogen (secondary N) is 6. The maximum absolute atomic E-state index is 13.6. The van der Waals surface area contributed by atoms with Crippen LogP contribution in [0.15, 0.2) is 161 Å². The number of aromatic amines is 2. The molecule has 2 aliphatic carbocycles. The van der Waals surface area contributed by atoms with Crippen molar-refractivity contribution >= 4 is 121 Å². The zero-order valence-electron chi connectivity index (χ0n) is 74.1. The molecule has 17 rings (SSSR count). The highest BCUT2D eigenvalue weighted by molar-refractivity contribution is 9.10. The Kier molecular flexibility index (Phi) is 29.1. The van der Waals surface area contributed by atoms with Crippen LogP contribution < -0.4 is 26.7 Å². The third-order valence-corrected chi connectivity index (χ3v) is 27.5. The molecular weight excluding hydrogens is 1690 g/mol. The number of methoxy groups -OCH3 is 4. The summed E-state index contributed by atoms with van der Waals surface area (Å²) in [5, 5.41) is 15.2. The van der Waals surface area contributed by atoms with Gasteiger partial charge in [-0.2, -0.15) is 0 Å². The SMILES string of the molecule is C.C.COC(=O)N[C@@H](C)C(=O)N1[C@@H]2CC[C@@H](C2)[C@H]1C1=NC=C(c2ccc3cc(-c4ccc(-c5cnc([C@@H]6CCCN6C(=O)[C@@H](NC(=O)OC)C(C)C)[nH]5)cc4)ccc3c2)C1.COC(=O)N[C@@H](C)C(=O)N1[C@@H]2CC[C@@H](C2)[C@H]1C1=NC=C(c2ccc3cc(B4OC(C)(C)C(C)(C)O4)ccc3c2)C1.COC(=O)N[C@H](C(=O)N1CCC[C@H]1c1ncc(-c2ccc(Br)cc2)[nH]1)C(C)C. The van der Waals surface area contributed by atoms with E-state index < -0.39 is 48.5 Å². The number of allylic oxidation sites excluding steroid dienone is 2. The monoisotopic (exact) mass is 1810 g/mol. The predicted molar refractivity (Wildman–Crippen MR) is 501 cm³/mol. The Hall–Kier alpha value is -11.5. The number of likely N-dealkylation sites (tertiary alicyclic amines) is 4. The zero-order valence-corrected chi connectivity index (χ0v) is 75.7. The van der Waals surface area contributed by atoms with Crippen molar-refractivity contribution in [2.45, 2.75) is 233 Å². The third kappa shape index (κ3) is 19.7. The molecular formula is C98H122BBrN14O14. The summed E-state index contributed by atoms with van der Waals surface area (Å²) in [7, 11) is 4.80. The maximum Gasteiger partial charge on any atom is 0.494 e. The average molecular weight is 1810 g/mol. The molecule has 12 atom stereocenters. The second-order valence-electron chi connectivity index (χ2n) is 36.2. The second-order valence-corrected chi connectivity index (χ2v) is 37.1. The van der Waals surface area contributed by atoms with Crippen molar-refractivity contribution in [3.63, 3.8) is 0 Å². The van der Waals surface area contributed by atoms with Gasteiger partial charge >= 0.3 is 31.5 Å². The number of piperidine rings is 2. The number of ether oxygens (including phenoxy) is 4. The van der Waals surface area contributed by atoms with Gasteiger partial charge in [-0.05, 0) is 231 Å². The lowest BCUT2D eigenvalue weighted by molar-refractivity contribution is -0.136. The molecule has 678 valence electrons. The van der Waals surface area contributed by atoms with Crippen LogP contribution in [0.3, 0.4) is 0 Å². The Labute approximate surface area is 758 Å². The van der Waals surface area contributed by atoms with E-state index in [2.05, 4.69) is 182 Å². The molecule has 0 radical (unpaired) electrons. The van der Waals surface area contributed by atoms with Gasteiger partial charge in [0.05, 0.1) is 87.6 Å². The first-order chi connectivity index (χ1) is 60.4. The summed E-state index contributed by atoms with van der Waals surface area (Å²) < 4.78 is 32.4. The molecule has 9 heterocycles. The number of hydrogen-bond donors (Lipinski definition) is 6. The summed E-state index contributed by atoms with van der Waals surface area (Å²) in [5.74, 6) is 1.75. The molecule has 2 aromatic heterocycles. The van der Waals surface area contributed by atoms with Crippen LogP contribution in [0.5, 0.6) is 0 Å². The van der Waals surface area contributed by atoms with E-state index in [1.165, 1.54) is 28.4 Å². The van der Waals surface area contributed by atoms with Gasteiger partial charge in [0.15, 0.2) is 0 Å². The average Bonchev–Trinajstić information content (AvgIpc) is 1.60. The number of rotatable bonds is 20. The molecule has 8 amide bonds. The third-order valence-electron chi connectivity index (χ3n) is 27.0. The van der Waals surface area contributed by atoms with Crippen molar-refractivity contribution in [3.8, 4) is 33.6 Å². The van der Waals surface area contributed by atoms with Gasteiger partial charge in [0.1, 0.15) is 35.8 Å². The molecule has 5 saturated heterocycles. The van der Waals surface area contributed by atoms with Gasteiger partial charge in [-0.1, -0.05) is 149 Å². The molecule has 0 spiro atoms. The second kappa shape index (κ2) is 39.6. The maximum atomic E-state index is 13.6. The lowest BCUT2D eigenvalue weighted by atomic mass is 9.78. The highest BCUT2D eigenvalue weighted by Gasteiger charge is 2.55. The summed E-state index contributed by atoms with van der Waals surface area (Å²) >= 11 is 3.44. The van der Waals surface area contributed by atoms with Crippen molar-refractivity contribution in [2.75, 3.05) is 41.5 Å². The van der Waals surface area contributed by atoms with Crippen LogP contribution in [0.25, 0.3) is 66.3 Å². The standard InChI is InChI=1S/C45H51N7O6.C31H38BN3O5.C20H25BrN4O3.2CH4/c1-25(2)39(50-45(56)58-5)43(54)51-18-6-7-38(51)41-47-24-37(49-41)28-10-8-27(9-11-28)29-12-13-31-20-32(15-14-30(31)19-29)34-22-36(46-23-34)40-33-16-17-35(21-33)52(40)42(53)26(3)48-44(55)57-4;1-18(34-29(37)38-6)28(36)35-25-12-10-22(15-25)27(35)26-16-23(17-33-26)20-7-8-21-14-24(11-9-19(21)13-20)32-39-30(2,3)31(4,5)40-32;1-12(2)17(24-20(27)28-3)19(26)25-10-4-5-16(25)18-22-11-15(23-18)13-6-8-14(21)9-7-13;;/h8-15,19-20,23-26,33,35,38-40H,6-7,16-18,21-22H2,1-5H3,(H,47,49)(H,48,55)(H,50,56);7-9,11,13-14,17-18,22,25,27H,10,12,15-16H2,1-6H3,(H,34,37);6-9,11-12,16-17H,4-5,10H2,1-3H3,(H,22,23)(H,24,27);2*1H4/t26-,33-,35+,38-,39-,40-;18-,22-,25+,27-;16-,17-;;/m000../s1. The van der Waals surface area contributed by atoms with Gasteiger partial charge < -0.3 is 79.1 Å². The minimum Gasteiger partial charge on any atom is -0.453 e. The Balaban J connectivity index is 0.000000174. The minimum atomic E-state index is -0.683. The number of alkyl carbamates (subject to hydrolysis) is 4. The van der Waals surface area contributed by atoms with Crippen LogP contribution in [0.2, 0.25) is 0 Å². The molecule has 7 aliphatic heterocycles. The lowest BCUT2D eigenvalue weighted by Crippen LogP contribution is -2.55. The number of hydrogen-bond acceptors (Lipinski definition) is 18. The largest absolute Gasteiger partial charge is 0.494 e. The Morgan fingerprint density at radius 2 is 0.828 bits per heavy atom. The molecule has 9 aliphatic rings. The number of carbonyl (C=O) groups excluding carboxylic acids is 8. The number of imidazole rings is 2. The van der Waals surface area contributed by atoms with E-state index >= 15 is 0 Å². The molecule has 28 nitrogen and oxygen atoms in total. The van der Waals surface area contributed by atoms with Crippen molar-refractivity contribution < 1.29 is 66.6 Å². The van der Waals surface area contributed by atoms with Crippen LogP contribution in [-0.2, 0) is 47.4 Å². The molecule has 8 aromatic rings. The van der Waals surface area contributed by atoms with Crippen LogP contribution in [0.4, 0.5) is 19.2 Å². The number of fused-ring (bicyclic) bond motifs is 6. The highest BCUT2D eigenvalue weighted by atomic mass is 79.9. The van der Waals surface area contributed by atoms with E-state index in [1.807, 2.05) is 90.2 Å². The first kappa shape index (κ1) is 94.1. The summed E-state index contributed by atoms with van der Waals surface area (Å²) in [6.07, 6.45) is 16.0. The number of aliphatic imine (C=N–C) groups is 2. The molecule has 6 aromatic carbocycles. The molecule has 6 N–H and O–H groups in total. The number of amides is 8. The number of aromatic nitrogens is 4. The van der Waals surface area contributed by atoms with Gasteiger partial charge in [-0.25, -0.2) is 29.1 Å². The lowest BCUT2D eigenvalue weighted by Gasteiger charge is -2.37. The summed E-state index contributed by atoms with van der Waals surface area (Å²) in [6.45, 7) is 20.6. The van der Waals surface area contributed by atoms with Crippen LogP contribution in [0.1, 0.15) is 196 Å². The number of carbonyl (C=O) groups is 8. The van der Waals surface area contributed by atoms with E-state index in [4.69, 9.17) is 38.5 Å². The molecule has 2 saturated carbocycles. The number of nitrogens with zero attached hydrogens (tertiary/aromatic N) is 8. The van der Waals surface area contributed by atoms with E-state index in [9.17, 15) is 38.4 Å². The Morgan fingerprint density at radius 3 is 1.24 bits per heavy atom. The summed E-state index contributed by atoms with van der Waals surface area (Å²) in [6, 6.07) is 39.6. The minimum absolute atomic E-state index is 0. The van der Waals surface area contributed by atoms with Crippen LogP contribution >= 0.6 is 15.9 Å². The number of H-pyrrole nitrogens is 2. The predicted octanol–water partition coefficient (Wildman–Crippen LogP) is 16.9. The van der Waals surface area contributed by atoms with Gasteiger partial charge in [0.25, 0.3) is 0 Å². The normalized spacial score (nSPS) is 22.4. The fraction of sp³-hybridized carbons (Fsp3) is 0.469. The van der Waals surface area contributed by atoms with Crippen LogP contribution in [0, 0.1) is 23.7 Å². The van der Waals surface area contributed by atoms with Gasteiger partial charge in [-0.15, -0.1) is 0 Å². The molecule has 128 heavy (non-hydrogen) atoms. The Morgan fingerprint density at radius 1 is 0.461 bits per heavy atom. The summed E-state index contributed by atoms with van der Waals surface area (Å²) in [4.78, 5) is 134. The number of benzene rings is 6. The fourth-order valence-electron chi connectivity index (χ4n) is 19.5. The highest BCUT2D eigenvalue weighted by Crippen LogP contribution is 2.48. The topological polar surface area (TPSA) is 335 Å². The fourth-order valence-corrected chi connectivity index (χ4v) is 19.8. The molecule has 4 bridgehead atoms. The van der Waals surface area contributed by atoms with Crippen molar-refractivity contribution in [1.82, 2.24) is 60.8 Å². The quantitative estimate of drug-likeness (QED) is 0.0305. The van der Waals surface area contributed by atoms with Gasteiger partial charge in [0.2, 0.25) is 23.6 Å². The smallest absolute Gasteiger partial charge is 0.453 e. The summed E-state index contributed by atoms with van der Waals surface area (Å²) in [5.41, 5.74) is 12.9. The van der Waals surface area contributed by atoms with Gasteiger partial charge in [-0.3, -0.25) is 29.2 Å². The first-order valence-corrected chi connectivity index (χ1v) is 44.7. The molecule has 0 unspecified atom stereocenters. The van der Waals surface area contributed by atoms with Crippen molar-refractivity contribution in [3.05, 3.63) is 173 Å².